The number of nitrogens with zero attached hydrogens (tertiary/aromatic N) is 2. The van der Waals surface area contributed by atoms with Crippen LogP contribution in [0.1, 0.15) is 28.8 Å². The Labute approximate surface area is 162 Å². The van der Waals surface area contributed by atoms with E-state index in [0.717, 1.165) is 5.56 Å². The lowest BCUT2D eigenvalue weighted by atomic mass is 10.00. The third kappa shape index (κ3) is 3.46. The van der Waals surface area contributed by atoms with Crippen molar-refractivity contribution in [3.05, 3.63) is 71.5 Å². The van der Waals surface area contributed by atoms with E-state index in [1.54, 1.807) is 28.8 Å². The molecule has 0 radical (unpaired) electrons. The molecule has 4 nitrogen and oxygen atoms in total. The van der Waals surface area contributed by atoms with Crippen LogP contribution in [0.15, 0.2) is 54.6 Å². The van der Waals surface area contributed by atoms with Gasteiger partial charge in [0.1, 0.15) is 5.82 Å². The standard InChI is InChI=1S/C21H21FN2O2S/c22-18-9-5-4-8-17(18)20(26)23-12-10-21(11-13-23)24(19(25)15-27-21)14-16-6-2-1-3-7-16/h1-9H,10-15H2. The molecule has 0 atom stereocenters. The summed E-state index contributed by atoms with van der Waals surface area (Å²) in [5.41, 5.74) is 1.22. The summed E-state index contributed by atoms with van der Waals surface area (Å²) in [6.07, 6.45) is 1.41. The molecular weight excluding hydrogens is 363 g/mol. The molecule has 1 spiro atoms. The van der Waals surface area contributed by atoms with Crippen LogP contribution in [0.5, 0.6) is 0 Å². The maximum absolute atomic E-state index is 13.9. The Kier molecular flexibility index (Phi) is 4.91. The van der Waals surface area contributed by atoms with Crippen LogP contribution in [0.2, 0.25) is 0 Å². The van der Waals surface area contributed by atoms with Crippen molar-refractivity contribution in [2.24, 2.45) is 0 Å². The Morgan fingerprint density at radius 3 is 2.41 bits per heavy atom. The number of halogens is 1. The SMILES string of the molecule is O=C(c1ccccc1F)N1CCC2(CC1)SCC(=O)N2Cc1ccccc1. The predicted molar refractivity (Wildman–Crippen MR) is 104 cm³/mol. The molecule has 4 rings (SSSR count). The van der Waals surface area contributed by atoms with Gasteiger partial charge in [-0.3, -0.25) is 9.59 Å². The molecule has 6 heteroatoms. The first-order valence-electron chi connectivity index (χ1n) is 9.11. The number of piperidine rings is 1. The minimum absolute atomic E-state index is 0.116. The van der Waals surface area contributed by atoms with E-state index in [1.807, 2.05) is 35.2 Å². The zero-order chi connectivity index (χ0) is 18.9. The number of carbonyl (C=O) groups is 2. The van der Waals surface area contributed by atoms with Crippen LogP contribution in [-0.4, -0.2) is 45.3 Å². The third-order valence-electron chi connectivity index (χ3n) is 5.38. The maximum atomic E-state index is 13.9. The highest BCUT2D eigenvalue weighted by Crippen LogP contribution is 2.45. The van der Waals surface area contributed by atoms with Gasteiger partial charge in [0.2, 0.25) is 5.91 Å². The molecule has 0 saturated carbocycles. The highest BCUT2D eigenvalue weighted by molar-refractivity contribution is 8.01. The first-order valence-corrected chi connectivity index (χ1v) is 10.1. The van der Waals surface area contributed by atoms with Gasteiger partial charge in [0.25, 0.3) is 5.91 Å². The summed E-state index contributed by atoms with van der Waals surface area (Å²) in [5.74, 6) is -0.128. The molecule has 2 aromatic carbocycles. The molecule has 2 aliphatic rings. The van der Waals surface area contributed by atoms with Gasteiger partial charge in [0, 0.05) is 19.6 Å². The van der Waals surface area contributed by atoms with Crippen molar-refractivity contribution in [2.45, 2.75) is 24.3 Å². The van der Waals surface area contributed by atoms with Crippen LogP contribution >= 0.6 is 11.8 Å². The monoisotopic (exact) mass is 384 g/mol. The minimum Gasteiger partial charge on any atom is -0.338 e. The number of rotatable bonds is 3. The van der Waals surface area contributed by atoms with Gasteiger partial charge in [-0.15, -0.1) is 11.8 Å². The van der Waals surface area contributed by atoms with E-state index in [2.05, 4.69) is 0 Å². The average Bonchev–Trinajstić information content (AvgIpc) is 2.99. The summed E-state index contributed by atoms with van der Waals surface area (Å²) in [5, 5.41) is 0. The molecular formula is C21H21FN2O2S. The Balaban J connectivity index is 1.47. The summed E-state index contributed by atoms with van der Waals surface area (Å²) in [7, 11) is 0. The van der Waals surface area contributed by atoms with E-state index >= 15 is 0 Å². The molecule has 140 valence electrons. The summed E-state index contributed by atoms with van der Waals surface area (Å²) >= 11 is 1.68. The predicted octanol–water partition coefficient (Wildman–Crippen LogP) is 3.53. The fraction of sp³-hybridized carbons (Fsp3) is 0.333. The zero-order valence-corrected chi connectivity index (χ0v) is 15.8. The molecule has 0 aliphatic carbocycles. The molecule has 2 saturated heterocycles. The van der Waals surface area contributed by atoms with Crippen molar-refractivity contribution in [3.8, 4) is 0 Å². The highest BCUT2D eigenvalue weighted by Gasteiger charge is 2.48. The van der Waals surface area contributed by atoms with Crippen molar-refractivity contribution in [3.63, 3.8) is 0 Å². The molecule has 2 heterocycles. The molecule has 2 aromatic rings. The van der Waals surface area contributed by atoms with Crippen molar-refractivity contribution < 1.29 is 14.0 Å². The maximum Gasteiger partial charge on any atom is 0.256 e. The van der Waals surface area contributed by atoms with Crippen molar-refractivity contribution in [2.75, 3.05) is 18.8 Å². The van der Waals surface area contributed by atoms with Crippen molar-refractivity contribution in [1.82, 2.24) is 9.80 Å². The first-order chi connectivity index (χ1) is 13.1. The molecule has 2 amide bonds. The van der Waals surface area contributed by atoms with E-state index in [9.17, 15) is 14.0 Å². The number of hydrogen-bond acceptors (Lipinski definition) is 3. The Morgan fingerprint density at radius 1 is 1.04 bits per heavy atom. The van der Waals surface area contributed by atoms with Crippen LogP contribution < -0.4 is 0 Å². The number of carbonyl (C=O) groups excluding carboxylic acids is 2. The summed E-state index contributed by atoms with van der Waals surface area (Å²) in [4.78, 5) is 28.6. The van der Waals surface area contributed by atoms with Gasteiger partial charge >= 0.3 is 0 Å². The van der Waals surface area contributed by atoms with Crippen LogP contribution in [0.25, 0.3) is 0 Å². The van der Waals surface area contributed by atoms with Crippen LogP contribution in [0.4, 0.5) is 4.39 Å². The number of amides is 2. The number of benzene rings is 2. The molecule has 0 unspecified atom stereocenters. The summed E-state index contributed by atoms with van der Waals surface area (Å²) in [6, 6.07) is 16.1. The molecule has 0 bridgehead atoms. The first kappa shape index (κ1) is 18.0. The largest absolute Gasteiger partial charge is 0.338 e. The molecule has 0 N–H and O–H groups in total. The fourth-order valence-corrected chi connectivity index (χ4v) is 5.20. The highest BCUT2D eigenvalue weighted by atomic mass is 32.2. The summed E-state index contributed by atoms with van der Waals surface area (Å²) < 4.78 is 13.9. The van der Waals surface area contributed by atoms with Crippen molar-refractivity contribution >= 4 is 23.6 Å². The third-order valence-corrected chi connectivity index (χ3v) is 6.93. The van der Waals surface area contributed by atoms with E-state index in [0.29, 0.717) is 38.2 Å². The van der Waals surface area contributed by atoms with E-state index < -0.39 is 5.82 Å². The second kappa shape index (κ2) is 7.35. The minimum atomic E-state index is -0.487. The number of thioether (sulfide) groups is 1. The van der Waals surface area contributed by atoms with Gasteiger partial charge in [-0.25, -0.2) is 4.39 Å². The van der Waals surface area contributed by atoms with Gasteiger partial charge in [-0.1, -0.05) is 42.5 Å². The van der Waals surface area contributed by atoms with Gasteiger partial charge in [0.05, 0.1) is 16.2 Å². The lowest BCUT2D eigenvalue weighted by Crippen LogP contribution is -2.52. The molecule has 0 aromatic heterocycles. The number of likely N-dealkylation sites (tertiary alicyclic amines) is 1. The Morgan fingerprint density at radius 2 is 1.70 bits per heavy atom. The van der Waals surface area contributed by atoms with E-state index in [1.165, 1.54) is 12.1 Å². The fourth-order valence-electron chi connectivity index (χ4n) is 3.86. The average molecular weight is 384 g/mol. The molecule has 2 fully saturated rings. The van der Waals surface area contributed by atoms with Crippen LogP contribution in [0, 0.1) is 5.82 Å². The quantitative estimate of drug-likeness (QED) is 0.813. The van der Waals surface area contributed by atoms with Gasteiger partial charge in [-0.05, 0) is 30.5 Å². The van der Waals surface area contributed by atoms with E-state index in [-0.39, 0.29) is 22.2 Å². The normalized spacial score (nSPS) is 18.9. The number of hydrogen-bond donors (Lipinski definition) is 0. The van der Waals surface area contributed by atoms with Crippen LogP contribution in [-0.2, 0) is 11.3 Å². The second-order valence-corrected chi connectivity index (χ2v) is 8.31. The molecule has 27 heavy (non-hydrogen) atoms. The Hall–Kier alpha value is -2.34. The van der Waals surface area contributed by atoms with Gasteiger partial charge in [0.15, 0.2) is 0 Å². The lowest BCUT2D eigenvalue weighted by Gasteiger charge is -2.44. The second-order valence-electron chi connectivity index (χ2n) is 6.97. The smallest absolute Gasteiger partial charge is 0.256 e. The van der Waals surface area contributed by atoms with Crippen molar-refractivity contribution in [1.29, 1.82) is 0 Å². The molecule has 2 aliphatic heterocycles. The lowest BCUT2D eigenvalue weighted by molar-refractivity contribution is -0.131. The van der Waals surface area contributed by atoms with Gasteiger partial charge in [-0.2, -0.15) is 0 Å². The Bertz CT molecular complexity index is 850. The summed E-state index contributed by atoms with van der Waals surface area (Å²) in [6.45, 7) is 1.64. The van der Waals surface area contributed by atoms with E-state index in [4.69, 9.17) is 0 Å². The topological polar surface area (TPSA) is 40.6 Å². The zero-order valence-electron chi connectivity index (χ0n) is 14.9. The van der Waals surface area contributed by atoms with Crippen LogP contribution in [0.3, 0.4) is 0 Å². The van der Waals surface area contributed by atoms with Gasteiger partial charge < -0.3 is 9.80 Å².